The van der Waals surface area contributed by atoms with Crippen LogP contribution in [0.5, 0.6) is 0 Å². The Morgan fingerprint density at radius 2 is 1.89 bits per heavy atom. The highest BCUT2D eigenvalue weighted by Crippen LogP contribution is 2.31. The molecule has 1 aromatic heterocycles. The Kier molecular flexibility index (Phi) is 5.94. The molecule has 1 unspecified atom stereocenters. The van der Waals surface area contributed by atoms with Gasteiger partial charge in [-0.25, -0.2) is 14.6 Å². The van der Waals surface area contributed by atoms with E-state index in [0.717, 1.165) is 26.4 Å². The first-order valence-electron chi connectivity index (χ1n) is 9.01. The van der Waals surface area contributed by atoms with Gasteiger partial charge < -0.3 is 15.4 Å². The molecule has 28 heavy (non-hydrogen) atoms. The third kappa shape index (κ3) is 4.31. The van der Waals surface area contributed by atoms with Gasteiger partial charge in [-0.3, -0.25) is 0 Å². The second kappa shape index (κ2) is 8.39. The molecule has 2 amide bonds. The number of fused-ring (bicyclic) bond motifs is 1. The molecular weight excluding hydrogens is 374 g/mol. The molecule has 0 saturated heterocycles. The van der Waals surface area contributed by atoms with Crippen molar-refractivity contribution in [3.63, 3.8) is 0 Å². The van der Waals surface area contributed by atoms with Crippen molar-refractivity contribution in [1.29, 1.82) is 0 Å². The fraction of sp³-hybridized carbons (Fsp3) is 0.286. The van der Waals surface area contributed by atoms with Crippen LogP contribution in [0.25, 0.3) is 20.8 Å². The number of rotatable bonds is 5. The summed E-state index contributed by atoms with van der Waals surface area (Å²) in [6, 6.07) is 12.6. The normalized spacial score (nSPS) is 12.0. The second-order valence-electron chi connectivity index (χ2n) is 6.86. The van der Waals surface area contributed by atoms with Crippen LogP contribution in [0.3, 0.4) is 0 Å². The van der Waals surface area contributed by atoms with Gasteiger partial charge in [0.2, 0.25) is 0 Å². The third-order valence-corrected chi connectivity index (χ3v) is 5.51. The number of nitrogens with one attached hydrogen (secondary N) is 2. The summed E-state index contributed by atoms with van der Waals surface area (Å²) in [5, 5.41) is 6.41. The largest absolute Gasteiger partial charge is 0.467 e. The van der Waals surface area contributed by atoms with E-state index in [4.69, 9.17) is 4.74 Å². The van der Waals surface area contributed by atoms with Crippen LogP contribution >= 0.6 is 11.3 Å². The summed E-state index contributed by atoms with van der Waals surface area (Å²) < 4.78 is 5.89. The van der Waals surface area contributed by atoms with Crippen LogP contribution in [0, 0.1) is 12.8 Å². The Hall–Kier alpha value is -2.93. The third-order valence-electron chi connectivity index (χ3n) is 4.42. The number of benzene rings is 2. The van der Waals surface area contributed by atoms with Crippen molar-refractivity contribution in [2.45, 2.75) is 26.8 Å². The van der Waals surface area contributed by atoms with Gasteiger partial charge in [0.25, 0.3) is 0 Å². The molecule has 0 aliphatic rings. The standard InChI is InChI=1S/C21H23N3O3S/c1-12(2)18(20(25)27-4)24-21(26)23-15-10-9-14(11-13(15)3)19-22-16-7-5-6-8-17(16)28-19/h5-12,18H,1-4H3,(H2,23,24,26). The number of carbonyl (C=O) groups is 2. The number of thiazole rings is 1. The minimum Gasteiger partial charge on any atom is -0.467 e. The first kappa shape index (κ1) is 19.8. The van der Waals surface area contributed by atoms with Gasteiger partial charge in [-0.1, -0.05) is 26.0 Å². The molecule has 6 nitrogen and oxygen atoms in total. The molecule has 7 heteroatoms. The van der Waals surface area contributed by atoms with Gasteiger partial charge in [0.1, 0.15) is 11.0 Å². The first-order chi connectivity index (χ1) is 13.4. The zero-order valence-corrected chi connectivity index (χ0v) is 17.1. The first-order valence-corrected chi connectivity index (χ1v) is 9.82. The molecule has 0 bridgehead atoms. The average molecular weight is 398 g/mol. The van der Waals surface area contributed by atoms with Crippen molar-refractivity contribution in [2.75, 3.05) is 12.4 Å². The van der Waals surface area contributed by atoms with E-state index in [-0.39, 0.29) is 5.92 Å². The molecule has 3 aromatic rings. The number of aromatic nitrogens is 1. The number of hydrogen-bond acceptors (Lipinski definition) is 5. The fourth-order valence-corrected chi connectivity index (χ4v) is 3.82. The van der Waals surface area contributed by atoms with Gasteiger partial charge in [-0.05, 0) is 48.7 Å². The van der Waals surface area contributed by atoms with Gasteiger partial charge >= 0.3 is 12.0 Å². The lowest BCUT2D eigenvalue weighted by atomic mass is 10.1. The maximum atomic E-state index is 12.3. The van der Waals surface area contributed by atoms with Gasteiger partial charge in [-0.15, -0.1) is 11.3 Å². The van der Waals surface area contributed by atoms with Crippen LogP contribution in [-0.4, -0.2) is 30.1 Å². The van der Waals surface area contributed by atoms with E-state index in [9.17, 15) is 9.59 Å². The minimum absolute atomic E-state index is 0.0827. The predicted molar refractivity (Wildman–Crippen MR) is 113 cm³/mol. The quantitative estimate of drug-likeness (QED) is 0.617. The molecule has 0 aliphatic heterocycles. The van der Waals surface area contributed by atoms with E-state index in [1.165, 1.54) is 7.11 Å². The summed E-state index contributed by atoms with van der Waals surface area (Å²) in [4.78, 5) is 28.8. The molecule has 0 aliphatic carbocycles. The predicted octanol–water partition coefficient (Wildman–Crippen LogP) is 4.59. The number of nitrogens with zero attached hydrogens (tertiary/aromatic N) is 1. The summed E-state index contributed by atoms with van der Waals surface area (Å²) in [6.45, 7) is 5.62. The summed E-state index contributed by atoms with van der Waals surface area (Å²) >= 11 is 1.63. The molecule has 0 saturated carbocycles. The zero-order chi connectivity index (χ0) is 20.3. The molecule has 2 aromatic carbocycles. The zero-order valence-electron chi connectivity index (χ0n) is 16.3. The molecule has 0 radical (unpaired) electrons. The van der Waals surface area contributed by atoms with Gasteiger partial charge in [0.15, 0.2) is 0 Å². The van der Waals surface area contributed by atoms with Crippen molar-refractivity contribution >= 4 is 39.2 Å². The molecule has 0 spiro atoms. The molecule has 146 valence electrons. The van der Waals surface area contributed by atoms with Crippen molar-refractivity contribution < 1.29 is 14.3 Å². The summed E-state index contributed by atoms with van der Waals surface area (Å²) in [7, 11) is 1.31. The Morgan fingerprint density at radius 3 is 2.54 bits per heavy atom. The lowest BCUT2D eigenvalue weighted by Gasteiger charge is -2.20. The number of aryl methyl sites for hydroxylation is 1. The van der Waals surface area contributed by atoms with E-state index in [1.54, 1.807) is 11.3 Å². The summed E-state index contributed by atoms with van der Waals surface area (Å²) in [5.41, 5.74) is 3.56. The highest BCUT2D eigenvalue weighted by atomic mass is 32.1. The fourth-order valence-electron chi connectivity index (χ4n) is 2.86. The smallest absolute Gasteiger partial charge is 0.328 e. The summed E-state index contributed by atoms with van der Waals surface area (Å²) in [6.07, 6.45) is 0. The molecule has 2 N–H and O–H groups in total. The molecule has 3 rings (SSSR count). The number of amides is 2. The lowest BCUT2D eigenvalue weighted by molar-refractivity contribution is -0.143. The number of anilines is 1. The van der Waals surface area contributed by atoms with Crippen LogP contribution in [0.4, 0.5) is 10.5 Å². The van der Waals surface area contributed by atoms with Crippen LogP contribution in [-0.2, 0) is 9.53 Å². The second-order valence-corrected chi connectivity index (χ2v) is 7.89. The molecule has 1 atom stereocenters. The maximum absolute atomic E-state index is 12.3. The van der Waals surface area contributed by atoms with Gasteiger partial charge in [0.05, 0.1) is 17.3 Å². The summed E-state index contributed by atoms with van der Waals surface area (Å²) in [5.74, 6) is -0.547. The maximum Gasteiger partial charge on any atom is 0.328 e. The number of para-hydroxylation sites is 1. The lowest BCUT2D eigenvalue weighted by Crippen LogP contribution is -2.46. The number of carbonyl (C=O) groups excluding carboxylic acids is 2. The monoisotopic (exact) mass is 397 g/mol. The van der Waals surface area contributed by atoms with Crippen LogP contribution in [0.2, 0.25) is 0 Å². The molecular formula is C21H23N3O3S. The van der Waals surface area contributed by atoms with Gasteiger partial charge in [0, 0.05) is 11.3 Å². The van der Waals surface area contributed by atoms with Crippen LogP contribution in [0.15, 0.2) is 42.5 Å². The SMILES string of the molecule is COC(=O)C(NC(=O)Nc1ccc(-c2nc3ccccc3s2)cc1C)C(C)C. The number of ether oxygens (including phenoxy) is 1. The van der Waals surface area contributed by atoms with Crippen molar-refractivity contribution in [2.24, 2.45) is 5.92 Å². The Labute approximate surface area is 167 Å². The van der Waals surface area contributed by atoms with E-state index < -0.39 is 18.0 Å². The highest BCUT2D eigenvalue weighted by molar-refractivity contribution is 7.21. The van der Waals surface area contributed by atoms with Crippen LogP contribution < -0.4 is 10.6 Å². The average Bonchev–Trinajstić information content (AvgIpc) is 3.11. The van der Waals surface area contributed by atoms with Crippen molar-refractivity contribution in [3.05, 3.63) is 48.0 Å². The minimum atomic E-state index is -0.702. The Morgan fingerprint density at radius 1 is 1.14 bits per heavy atom. The van der Waals surface area contributed by atoms with E-state index in [0.29, 0.717) is 5.69 Å². The van der Waals surface area contributed by atoms with Crippen molar-refractivity contribution in [1.82, 2.24) is 10.3 Å². The number of methoxy groups -OCH3 is 1. The highest BCUT2D eigenvalue weighted by Gasteiger charge is 2.25. The van der Waals surface area contributed by atoms with Crippen molar-refractivity contribution in [3.8, 4) is 10.6 Å². The topological polar surface area (TPSA) is 80.3 Å². The number of esters is 1. The van der Waals surface area contributed by atoms with E-state index >= 15 is 0 Å². The Balaban J connectivity index is 1.75. The van der Waals surface area contributed by atoms with Gasteiger partial charge in [-0.2, -0.15) is 0 Å². The van der Waals surface area contributed by atoms with E-state index in [2.05, 4.69) is 21.7 Å². The van der Waals surface area contributed by atoms with E-state index in [1.807, 2.05) is 57.2 Å². The number of hydrogen-bond donors (Lipinski definition) is 2. The molecule has 1 heterocycles. The number of urea groups is 1. The molecule has 0 fully saturated rings. The Bertz CT molecular complexity index is 980. The van der Waals surface area contributed by atoms with Crippen LogP contribution in [0.1, 0.15) is 19.4 Å².